The number of hydrogen-bond donors (Lipinski definition) is 2. The van der Waals surface area contributed by atoms with Gasteiger partial charge in [-0.15, -0.1) is 0 Å². The molecule has 0 fully saturated rings. The number of esters is 1. The van der Waals surface area contributed by atoms with Gasteiger partial charge in [-0.05, 0) is 60.7 Å². The molecule has 2 aromatic carbocycles. The molecule has 0 atom stereocenters. The fourth-order valence-electron chi connectivity index (χ4n) is 2.33. The van der Waals surface area contributed by atoms with Crippen molar-refractivity contribution in [1.82, 2.24) is 4.98 Å². The molecule has 1 aromatic heterocycles. The number of benzene rings is 2. The highest BCUT2D eigenvalue weighted by Crippen LogP contribution is 2.19. The first-order valence-electron chi connectivity index (χ1n) is 8.03. The summed E-state index contributed by atoms with van der Waals surface area (Å²) in [5, 5.41) is 6.58. The molecule has 0 spiro atoms. The largest absolute Gasteiger partial charge is 0.465 e. The predicted octanol–water partition coefficient (Wildman–Crippen LogP) is 4.52. The number of pyridine rings is 1. The zero-order valence-electron chi connectivity index (χ0n) is 14.4. The zero-order valence-corrected chi connectivity index (χ0v) is 15.2. The maximum absolute atomic E-state index is 12.4. The Labute approximate surface area is 161 Å². The van der Waals surface area contributed by atoms with Crippen LogP contribution in [0.5, 0.6) is 0 Å². The van der Waals surface area contributed by atoms with E-state index in [1.54, 1.807) is 54.7 Å². The number of ether oxygens (including phenoxy) is 1. The van der Waals surface area contributed by atoms with E-state index in [9.17, 15) is 9.59 Å². The maximum atomic E-state index is 12.4. The molecule has 0 aliphatic carbocycles. The van der Waals surface area contributed by atoms with Gasteiger partial charge in [0.2, 0.25) is 0 Å². The van der Waals surface area contributed by atoms with Crippen molar-refractivity contribution in [2.45, 2.75) is 0 Å². The van der Waals surface area contributed by atoms with Crippen molar-refractivity contribution in [3.63, 3.8) is 0 Å². The Balaban J connectivity index is 1.69. The Bertz CT molecular complexity index is 957. The number of hydrogen-bond acceptors (Lipinski definition) is 5. The third-order valence-corrected chi connectivity index (χ3v) is 3.94. The molecular formula is C20H16ClN3O3. The second-order valence-electron chi connectivity index (χ2n) is 5.58. The highest BCUT2D eigenvalue weighted by atomic mass is 35.5. The SMILES string of the molecule is COC(=O)c1ccc(NC(=O)c2cc(Nc3ccc(Cl)cc3)ccn2)cc1. The van der Waals surface area contributed by atoms with E-state index in [4.69, 9.17) is 11.6 Å². The zero-order chi connectivity index (χ0) is 19.2. The second-order valence-corrected chi connectivity index (χ2v) is 6.02. The van der Waals surface area contributed by atoms with Crippen molar-refractivity contribution < 1.29 is 14.3 Å². The number of nitrogens with one attached hydrogen (secondary N) is 2. The number of nitrogens with zero attached hydrogens (tertiary/aromatic N) is 1. The van der Waals surface area contributed by atoms with E-state index < -0.39 is 5.97 Å². The van der Waals surface area contributed by atoms with Crippen molar-refractivity contribution in [1.29, 1.82) is 0 Å². The number of aromatic nitrogens is 1. The molecule has 0 unspecified atom stereocenters. The highest BCUT2D eigenvalue weighted by molar-refractivity contribution is 6.30. The molecule has 2 N–H and O–H groups in total. The topological polar surface area (TPSA) is 80.3 Å². The van der Waals surface area contributed by atoms with Crippen LogP contribution in [0.3, 0.4) is 0 Å². The van der Waals surface area contributed by atoms with Crippen molar-refractivity contribution in [3.8, 4) is 0 Å². The van der Waals surface area contributed by atoms with Gasteiger partial charge in [0.1, 0.15) is 5.69 Å². The average molecular weight is 382 g/mol. The summed E-state index contributed by atoms with van der Waals surface area (Å²) in [7, 11) is 1.31. The summed E-state index contributed by atoms with van der Waals surface area (Å²) in [6.07, 6.45) is 1.55. The summed E-state index contributed by atoms with van der Waals surface area (Å²) in [6, 6.07) is 17.0. The van der Waals surface area contributed by atoms with E-state index in [1.807, 2.05) is 12.1 Å². The minimum atomic E-state index is -0.435. The molecule has 1 heterocycles. The van der Waals surface area contributed by atoms with Crippen LogP contribution in [0.25, 0.3) is 0 Å². The van der Waals surface area contributed by atoms with Crippen molar-refractivity contribution in [3.05, 3.63) is 83.1 Å². The van der Waals surface area contributed by atoms with Gasteiger partial charge in [0, 0.05) is 28.3 Å². The minimum absolute atomic E-state index is 0.256. The number of amides is 1. The van der Waals surface area contributed by atoms with Gasteiger partial charge in [-0.3, -0.25) is 9.78 Å². The first-order valence-corrected chi connectivity index (χ1v) is 8.41. The molecule has 3 aromatic rings. The first kappa shape index (κ1) is 18.4. The summed E-state index contributed by atoms with van der Waals surface area (Å²) >= 11 is 5.88. The molecular weight excluding hydrogens is 366 g/mol. The Morgan fingerprint density at radius 1 is 0.926 bits per heavy atom. The van der Waals surface area contributed by atoms with Crippen LogP contribution in [0.4, 0.5) is 17.1 Å². The third-order valence-electron chi connectivity index (χ3n) is 3.69. The lowest BCUT2D eigenvalue weighted by Crippen LogP contribution is -2.14. The third kappa shape index (κ3) is 4.83. The monoisotopic (exact) mass is 381 g/mol. The average Bonchev–Trinajstić information content (AvgIpc) is 2.70. The Morgan fingerprint density at radius 2 is 1.59 bits per heavy atom. The van der Waals surface area contributed by atoms with Gasteiger partial charge < -0.3 is 15.4 Å². The molecule has 3 rings (SSSR count). The van der Waals surface area contributed by atoms with Crippen molar-refractivity contribution in [2.75, 3.05) is 17.7 Å². The summed E-state index contributed by atoms with van der Waals surface area (Å²) in [4.78, 5) is 28.0. The summed E-state index contributed by atoms with van der Waals surface area (Å²) in [5.41, 5.74) is 2.77. The summed E-state index contributed by atoms with van der Waals surface area (Å²) in [6.45, 7) is 0. The van der Waals surface area contributed by atoms with Crippen LogP contribution in [0.15, 0.2) is 66.9 Å². The number of halogens is 1. The molecule has 136 valence electrons. The van der Waals surface area contributed by atoms with Crippen LogP contribution < -0.4 is 10.6 Å². The second kappa shape index (κ2) is 8.33. The maximum Gasteiger partial charge on any atom is 0.337 e. The lowest BCUT2D eigenvalue weighted by atomic mass is 10.2. The fraction of sp³-hybridized carbons (Fsp3) is 0.0500. The van der Waals surface area contributed by atoms with Crippen LogP contribution in [0.1, 0.15) is 20.8 Å². The molecule has 0 aliphatic heterocycles. The van der Waals surface area contributed by atoms with Gasteiger partial charge in [-0.25, -0.2) is 4.79 Å². The van der Waals surface area contributed by atoms with Gasteiger partial charge >= 0.3 is 5.97 Å². The highest BCUT2D eigenvalue weighted by Gasteiger charge is 2.10. The molecule has 0 saturated heterocycles. The first-order chi connectivity index (χ1) is 13.0. The van der Waals surface area contributed by atoms with Gasteiger partial charge in [0.05, 0.1) is 12.7 Å². The normalized spacial score (nSPS) is 10.1. The number of rotatable bonds is 5. The number of carbonyl (C=O) groups excluding carboxylic acids is 2. The quantitative estimate of drug-likeness (QED) is 0.635. The molecule has 0 aliphatic rings. The van der Waals surface area contributed by atoms with Gasteiger partial charge in [0.15, 0.2) is 0 Å². The summed E-state index contributed by atoms with van der Waals surface area (Å²) in [5.74, 6) is -0.795. The van der Waals surface area contributed by atoms with Crippen LogP contribution in [0.2, 0.25) is 5.02 Å². The Morgan fingerprint density at radius 3 is 2.26 bits per heavy atom. The lowest BCUT2D eigenvalue weighted by Gasteiger charge is -2.09. The van der Waals surface area contributed by atoms with E-state index in [1.165, 1.54) is 7.11 Å². The van der Waals surface area contributed by atoms with E-state index in [0.717, 1.165) is 11.4 Å². The molecule has 7 heteroatoms. The van der Waals surface area contributed by atoms with Crippen LogP contribution in [-0.4, -0.2) is 24.0 Å². The van der Waals surface area contributed by atoms with Crippen molar-refractivity contribution >= 4 is 40.5 Å². The number of anilines is 3. The molecule has 0 bridgehead atoms. The smallest absolute Gasteiger partial charge is 0.337 e. The molecule has 0 radical (unpaired) electrons. The lowest BCUT2D eigenvalue weighted by molar-refractivity contribution is 0.0600. The standard InChI is InChI=1S/C20H16ClN3O3/c1-27-20(26)13-2-6-16(7-3-13)24-19(25)18-12-17(10-11-22-18)23-15-8-4-14(21)5-9-15/h2-12H,1H3,(H,22,23)(H,24,25). The predicted molar refractivity (Wildman–Crippen MR) is 105 cm³/mol. The Kier molecular flexibility index (Phi) is 5.68. The van der Waals surface area contributed by atoms with E-state index in [0.29, 0.717) is 16.3 Å². The van der Waals surface area contributed by atoms with Crippen LogP contribution >= 0.6 is 11.6 Å². The summed E-state index contributed by atoms with van der Waals surface area (Å²) < 4.78 is 4.64. The Hall–Kier alpha value is -3.38. The van der Waals surface area contributed by atoms with Crippen LogP contribution in [0, 0.1) is 0 Å². The van der Waals surface area contributed by atoms with Gasteiger partial charge in [-0.1, -0.05) is 11.6 Å². The number of methoxy groups -OCH3 is 1. The van der Waals surface area contributed by atoms with Gasteiger partial charge in [0.25, 0.3) is 5.91 Å². The van der Waals surface area contributed by atoms with E-state index >= 15 is 0 Å². The minimum Gasteiger partial charge on any atom is -0.465 e. The van der Waals surface area contributed by atoms with Gasteiger partial charge in [-0.2, -0.15) is 0 Å². The number of carbonyl (C=O) groups is 2. The van der Waals surface area contributed by atoms with Crippen molar-refractivity contribution in [2.24, 2.45) is 0 Å². The van der Waals surface area contributed by atoms with E-state index in [2.05, 4.69) is 20.4 Å². The van der Waals surface area contributed by atoms with Crippen LogP contribution in [-0.2, 0) is 4.74 Å². The molecule has 1 amide bonds. The molecule has 27 heavy (non-hydrogen) atoms. The van der Waals surface area contributed by atoms with E-state index in [-0.39, 0.29) is 11.6 Å². The molecule has 6 nitrogen and oxygen atoms in total. The fourth-order valence-corrected chi connectivity index (χ4v) is 2.46. The molecule has 0 saturated carbocycles.